The van der Waals surface area contributed by atoms with E-state index in [1.54, 1.807) is 18.2 Å². The van der Waals surface area contributed by atoms with E-state index < -0.39 is 0 Å². The molecule has 116 valence electrons. The van der Waals surface area contributed by atoms with Gasteiger partial charge in [0.05, 0.1) is 11.2 Å². The summed E-state index contributed by atoms with van der Waals surface area (Å²) in [6.07, 6.45) is 0. The quantitative estimate of drug-likeness (QED) is 0.466. The molecule has 0 saturated carbocycles. The Labute approximate surface area is 143 Å². The van der Waals surface area contributed by atoms with Crippen LogP contribution in [0.1, 0.15) is 0 Å². The highest BCUT2D eigenvalue weighted by Gasteiger charge is 2.11. The third kappa shape index (κ3) is 2.74. The largest absolute Gasteiger partial charge is 0.228 e. The van der Waals surface area contributed by atoms with E-state index in [0.717, 1.165) is 27.7 Å². The van der Waals surface area contributed by atoms with Crippen LogP contribution in [0.3, 0.4) is 0 Å². The van der Waals surface area contributed by atoms with Gasteiger partial charge in [0, 0.05) is 21.5 Å². The van der Waals surface area contributed by atoms with Crippen LogP contribution in [0.4, 0.5) is 4.39 Å². The second-order valence-corrected chi connectivity index (χ2v) is 5.87. The minimum Gasteiger partial charge on any atom is -0.228 e. The smallest absolute Gasteiger partial charge is 0.160 e. The molecule has 0 atom stereocenters. The molecule has 4 heteroatoms. The first-order chi connectivity index (χ1) is 11.7. The standard InChI is InChI=1S/C20H12ClFN2/c21-15-8-11-18-17(12-15)19(13-4-2-1-3-5-13)24-20(23-18)14-6-9-16(22)10-7-14/h1-12H. The molecule has 0 radical (unpaired) electrons. The molecule has 0 amide bonds. The van der Waals surface area contributed by atoms with Crippen molar-refractivity contribution in [3.8, 4) is 22.6 Å². The average molecular weight is 335 g/mol. The number of fused-ring (bicyclic) bond motifs is 1. The fourth-order valence-corrected chi connectivity index (χ4v) is 2.82. The Hall–Kier alpha value is -2.78. The Kier molecular flexibility index (Phi) is 3.71. The first-order valence-corrected chi connectivity index (χ1v) is 7.87. The van der Waals surface area contributed by atoms with Crippen molar-refractivity contribution in [1.82, 2.24) is 9.97 Å². The molecule has 1 aromatic heterocycles. The first-order valence-electron chi connectivity index (χ1n) is 7.49. The summed E-state index contributed by atoms with van der Waals surface area (Å²) in [6, 6.07) is 21.6. The molecule has 0 bridgehead atoms. The Balaban J connectivity index is 2.00. The van der Waals surface area contributed by atoms with Crippen LogP contribution >= 0.6 is 11.6 Å². The Bertz CT molecular complexity index is 1010. The van der Waals surface area contributed by atoms with Crippen LogP contribution in [0, 0.1) is 5.82 Å². The summed E-state index contributed by atoms with van der Waals surface area (Å²) in [6.45, 7) is 0. The van der Waals surface area contributed by atoms with Crippen LogP contribution in [0.5, 0.6) is 0 Å². The summed E-state index contributed by atoms with van der Waals surface area (Å²) in [4.78, 5) is 9.33. The lowest BCUT2D eigenvalue weighted by Gasteiger charge is -2.09. The van der Waals surface area contributed by atoms with E-state index in [1.807, 2.05) is 42.5 Å². The number of halogens is 2. The predicted octanol–water partition coefficient (Wildman–Crippen LogP) is 5.76. The molecule has 0 aliphatic carbocycles. The zero-order chi connectivity index (χ0) is 16.5. The van der Waals surface area contributed by atoms with E-state index in [9.17, 15) is 4.39 Å². The van der Waals surface area contributed by atoms with Gasteiger partial charge in [-0.25, -0.2) is 14.4 Å². The number of rotatable bonds is 2. The van der Waals surface area contributed by atoms with Crippen LogP contribution in [0.2, 0.25) is 5.02 Å². The van der Waals surface area contributed by atoms with Gasteiger partial charge < -0.3 is 0 Å². The van der Waals surface area contributed by atoms with Crippen molar-refractivity contribution in [1.29, 1.82) is 0 Å². The Morgan fingerprint density at radius 1 is 0.750 bits per heavy atom. The summed E-state index contributed by atoms with van der Waals surface area (Å²) in [5.41, 5.74) is 3.36. The van der Waals surface area contributed by atoms with Gasteiger partial charge in [-0.15, -0.1) is 0 Å². The van der Waals surface area contributed by atoms with E-state index in [-0.39, 0.29) is 5.82 Å². The van der Waals surface area contributed by atoms with Crippen molar-refractivity contribution in [3.05, 3.63) is 83.6 Å². The zero-order valence-corrected chi connectivity index (χ0v) is 13.3. The maximum atomic E-state index is 13.2. The van der Waals surface area contributed by atoms with Crippen LogP contribution in [-0.4, -0.2) is 9.97 Å². The lowest BCUT2D eigenvalue weighted by Crippen LogP contribution is -1.95. The second-order valence-electron chi connectivity index (χ2n) is 5.43. The molecule has 4 aromatic rings. The van der Waals surface area contributed by atoms with Crippen molar-refractivity contribution in [2.75, 3.05) is 0 Å². The predicted molar refractivity (Wildman–Crippen MR) is 95.4 cm³/mol. The summed E-state index contributed by atoms with van der Waals surface area (Å²) in [7, 11) is 0. The van der Waals surface area contributed by atoms with Crippen LogP contribution < -0.4 is 0 Å². The van der Waals surface area contributed by atoms with Gasteiger partial charge in [-0.1, -0.05) is 41.9 Å². The molecule has 0 aliphatic rings. The highest BCUT2D eigenvalue weighted by Crippen LogP contribution is 2.30. The SMILES string of the molecule is Fc1ccc(-c2nc(-c3ccccc3)c3cc(Cl)ccc3n2)cc1. The van der Waals surface area contributed by atoms with E-state index in [4.69, 9.17) is 16.6 Å². The summed E-state index contributed by atoms with van der Waals surface area (Å²) < 4.78 is 13.2. The van der Waals surface area contributed by atoms with Gasteiger partial charge in [0.25, 0.3) is 0 Å². The number of hydrogen-bond donors (Lipinski definition) is 0. The molecule has 0 aliphatic heterocycles. The lowest BCUT2D eigenvalue weighted by molar-refractivity contribution is 0.628. The van der Waals surface area contributed by atoms with E-state index >= 15 is 0 Å². The number of benzene rings is 3. The highest BCUT2D eigenvalue weighted by molar-refractivity contribution is 6.31. The first kappa shape index (κ1) is 14.8. The number of nitrogens with zero attached hydrogens (tertiary/aromatic N) is 2. The molecule has 1 heterocycles. The molecule has 3 aromatic carbocycles. The lowest BCUT2D eigenvalue weighted by atomic mass is 10.1. The van der Waals surface area contributed by atoms with Crippen molar-refractivity contribution < 1.29 is 4.39 Å². The molecule has 0 saturated heterocycles. The molecule has 0 spiro atoms. The molecule has 0 unspecified atom stereocenters. The van der Waals surface area contributed by atoms with Crippen molar-refractivity contribution in [2.45, 2.75) is 0 Å². The fraction of sp³-hybridized carbons (Fsp3) is 0. The number of aromatic nitrogens is 2. The maximum Gasteiger partial charge on any atom is 0.160 e. The Morgan fingerprint density at radius 2 is 1.50 bits per heavy atom. The minimum atomic E-state index is -0.283. The number of hydrogen-bond acceptors (Lipinski definition) is 2. The zero-order valence-electron chi connectivity index (χ0n) is 12.6. The maximum absolute atomic E-state index is 13.2. The molecule has 4 rings (SSSR count). The average Bonchev–Trinajstić information content (AvgIpc) is 2.62. The minimum absolute atomic E-state index is 0.283. The molecular formula is C20H12ClFN2. The van der Waals surface area contributed by atoms with Gasteiger partial charge in [0.15, 0.2) is 5.82 Å². The fourth-order valence-electron chi connectivity index (χ4n) is 2.64. The van der Waals surface area contributed by atoms with Crippen LogP contribution in [0.15, 0.2) is 72.8 Å². The van der Waals surface area contributed by atoms with Crippen molar-refractivity contribution in [3.63, 3.8) is 0 Å². The highest BCUT2D eigenvalue weighted by atomic mass is 35.5. The van der Waals surface area contributed by atoms with Gasteiger partial charge in [-0.3, -0.25) is 0 Å². The van der Waals surface area contributed by atoms with E-state index in [0.29, 0.717) is 10.8 Å². The normalized spacial score (nSPS) is 10.9. The van der Waals surface area contributed by atoms with Crippen LogP contribution in [0.25, 0.3) is 33.5 Å². The van der Waals surface area contributed by atoms with E-state index in [2.05, 4.69) is 4.98 Å². The van der Waals surface area contributed by atoms with E-state index in [1.165, 1.54) is 12.1 Å². The van der Waals surface area contributed by atoms with Gasteiger partial charge in [-0.2, -0.15) is 0 Å². The topological polar surface area (TPSA) is 25.8 Å². The Morgan fingerprint density at radius 3 is 2.25 bits per heavy atom. The molecular weight excluding hydrogens is 323 g/mol. The second kappa shape index (κ2) is 6.02. The molecule has 2 nitrogen and oxygen atoms in total. The van der Waals surface area contributed by atoms with Gasteiger partial charge in [0.2, 0.25) is 0 Å². The molecule has 0 fully saturated rings. The van der Waals surface area contributed by atoms with Crippen LogP contribution in [-0.2, 0) is 0 Å². The molecule has 24 heavy (non-hydrogen) atoms. The summed E-state index contributed by atoms with van der Waals surface area (Å²) >= 11 is 6.16. The third-order valence-corrected chi connectivity index (χ3v) is 4.04. The van der Waals surface area contributed by atoms with Crippen molar-refractivity contribution in [2.24, 2.45) is 0 Å². The van der Waals surface area contributed by atoms with Crippen molar-refractivity contribution >= 4 is 22.5 Å². The van der Waals surface area contributed by atoms with Gasteiger partial charge >= 0.3 is 0 Å². The third-order valence-electron chi connectivity index (χ3n) is 3.81. The summed E-state index contributed by atoms with van der Waals surface area (Å²) in [5.74, 6) is 0.276. The van der Waals surface area contributed by atoms with Gasteiger partial charge in [-0.05, 0) is 42.5 Å². The summed E-state index contributed by atoms with van der Waals surface area (Å²) in [5, 5.41) is 1.53. The monoisotopic (exact) mass is 334 g/mol. The van der Waals surface area contributed by atoms with Gasteiger partial charge in [0.1, 0.15) is 5.82 Å². The molecule has 0 N–H and O–H groups in total.